The number of hydrogen-bond acceptors (Lipinski definition) is 3. The first-order valence-electron chi connectivity index (χ1n) is 5.80. The Bertz CT molecular complexity index is 634. The van der Waals surface area contributed by atoms with E-state index in [0.29, 0.717) is 17.3 Å². The average Bonchev–Trinajstić information content (AvgIpc) is 2.33. The molecule has 0 saturated heterocycles. The quantitative estimate of drug-likeness (QED) is 0.946. The lowest BCUT2D eigenvalue weighted by molar-refractivity contribution is 0.0368. The minimum Gasteiger partial charge on any atom is -0.388 e. The van der Waals surface area contributed by atoms with Crippen LogP contribution < -0.4 is 5.56 Å². The second kappa shape index (κ2) is 4.82. The molecule has 18 heavy (non-hydrogen) atoms. The summed E-state index contributed by atoms with van der Waals surface area (Å²) in [5.41, 5.74) is -0.364. The monoisotopic (exact) mass is 310 g/mol. The van der Waals surface area contributed by atoms with Gasteiger partial charge in [0.15, 0.2) is 0 Å². The van der Waals surface area contributed by atoms with E-state index in [4.69, 9.17) is 0 Å². The maximum atomic E-state index is 12.2. The van der Waals surface area contributed by atoms with Crippen LogP contribution in [0.2, 0.25) is 0 Å². The highest BCUT2D eigenvalue weighted by atomic mass is 79.9. The Morgan fingerprint density at radius 2 is 2.22 bits per heavy atom. The van der Waals surface area contributed by atoms with Gasteiger partial charge in [-0.25, -0.2) is 4.98 Å². The molecule has 1 heterocycles. The van der Waals surface area contributed by atoms with Gasteiger partial charge in [-0.3, -0.25) is 9.36 Å². The van der Waals surface area contributed by atoms with Gasteiger partial charge < -0.3 is 5.11 Å². The predicted molar refractivity (Wildman–Crippen MR) is 74.6 cm³/mol. The first kappa shape index (κ1) is 13.2. The second-order valence-electron chi connectivity index (χ2n) is 4.69. The van der Waals surface area contributed by atoms with Crippen LogP contribution in [-0.4, -0.2) is 20.3 Å². The molecule has 0 aliphatic rings. The van der Waals surface area contributed by atoms with E-state index in [1.54, 1.807) is 19.1 Å². The van der Waals surface area contributed by atoms with Crippen molar-refractivity contribution >= 4 is 26.8 Å². The fraction of sp³-hybridized carbons (Fsp3) is 0.385. The van der Waals surface area contributed by atoms with E-state index in [0.717, 1.165) is 4.47 Å². The predicted octanol–water partition coefficient (Wildman–Crippen LogP) is 2.32. The molecule has 0 bridgehead atoms. The first-order chi connectivity index (χ1) is 8.43. The number of halogens is 1. The van der Waals surface area contributed by atoms with Gasteiger partial charge in [0.1, 0.15) is 0 Å². The van der Waals surface area contributed by atoms with Crippen LogP contribution in [0.25, 0.3) is 10.9 Å². The molecule has 0 spiro atoms. The van der Waals surface area contributed by atoms with Crippen LogP contribution in [0.4, 0.5) is 0 Å². The average molecular weight is 311 g/mol. The zero-order chi connectivity index (χ0) is 13.3. The van der Waals surface area contributed by atoms with Crippen molar-refractivity contribution in [2.24, 2.45) is 0 Å². The highest BCUT2D eigenvalue weighted by Crippen LogP contribution is 2.16. The molecule has 1 aromatic heterocycles. The zero-order valence-electron chi connectivity index (χ0n) is 10.4. The fourth-order valence-corrected chi connectivity index (χ4v) is 2.07. The third-order valence-corrected chi connectivity index (χ3v) is 3.55. The Labute approximate surface area is 113 Å². The molecule has 0 amide bonds. The van der Waals surface area contributed by atoms with E-state index in [1.165, 1.54) is 10.9 Å². The SMILES string of the molecule is CCC(C)(O)Cn1cnc2cc(Br)ccc2c1=O. The van der Waals surface area contributed by atoms with Gasteiger partial charge in [-0.1, -0.05) is 22.9 Å². The summed E-state index contributed by atoms with van der Waals surface area (Å²) in [6, 6.07) is 5.36. The van der Waals surface area contributed by atoms with Gasteiger partial charge in [0.2, 0.25) is 0 Å². The van der Waals surface area contributed by atoms with Crippen LogP contribution in [0.15, 0.2) is 33.8 Å². The molecule has 0 fully saturated rings. The van der Waals surface area contributed by atoms with Crippen LogP contribution in [0, 0.1) is 0 Å². The molecule has 2 aromatic rings. The van der Waals surface area contributed by atoms with Crippen molar-refractivity contribution < 1.29 is 5.11 Å². The summed E-state index contributed by atoms with van der Waals surface area (Å²) in [7, 11) is 0. The topological polar surface area (TPSA) is 55.1 Å². The molecule has 1 aromatic carbocycles. The minimum atomic E-state index is -0.894. The Kier molecular flexibility index (Phi) is 3.54. The standard InChI is InChI=1S/C13H15BrN2O2/c1-3-13(2,18)7-16-8-15-11-6-9(14)4-5-10(11)12(16)17/h4-6,8,18H,3,7H2,1-2H3. The Morgan fingerprint density at radius 1 is 1.50 bits per heavy atom. The van der Waals surface area contributed by atoms with E-state index < -0.39 is 5.60 Å². The van der Waals surface area contributed by atoms with Crippen LogP contribution in [-0.2, 0) is 6.54 Å². The largest absolute Gasteiger partial charge is 0.388 e. The van der Waals surface area contributed by atoms with E-state index in [1.807, 2.05) is 13.0 Å². The summed E-state index contributed by atoms with van der Waals surface area (Å²) >= 11 is 3.35. The van der Waals surface area contributed by atoms with E-state index in [-0.39, 0.29) is 12.1 Å². The number of aromatic nitrogens is 2. The van der Waals surface area contributed by atoms with E-state index in [2.05, 4.69) is 20.9 Å². The van der Waals surface area contributed by atoms with Crippen LogP contribution in [0.3, 0.4) is 0 Å². The normalized spacial score (nSPS) is 14.7. The molecule has 1 atom stereocenters. The summed E-state index contributed by atoms with van der Waals surface area (Å²) in [6.45, 7) is 3.85. The molecule has 0 radical (unpaired) electrons. The number of hydrogen-bond donors (Lipinski definition) is 1. The third-order valence-electron chi connectivity index (χ3n) is 3.06. The van der Waals surface area contributed by atoms with Gasteiger partial charge in [0, 0.05) is 4.47 Å². The van der Waals surface area contributed by atoms with Gasteiger partial charge in [-0.2, -0.15) is 0 Å². The van der Waals surface area contributed by atoms with Crippen LogP contribution in [0.1, 0.15) is 20.3 Å². The highest BCUT2D eigenvalue weighted by molar-refractivity contribution is 9.10. The summed E-state index contributed by atoms with van der Waals surface area (Å²) in [4.78, 5) is 16.5. The van der Waals surface area contributed by atoms with Crippen LogP contribution >= 0.6 is 15.9 Å². The number of rotatable bonds is 3. The molecule has 0 aliphatic carbocycles. The number of aliphatic hydroxyl groups is 1. The Morgan fingerprint density at radius 3 is 2.89 bits per heavy atom. The first-order valence-corrected chi connectivity index (χ1v) is 6.59. The van der Waals surface area contributed by atoms with Crippen molar-refractivity contribution in [1.82, 2.24) is 9.55 Å². The second-order valence-corrected chi connectivity index (χ2v) is 5.61. The summed E-state index contributed by atoms with van der Waals surface area (Å²) in [5, 5.41) is 10.6. The highest BCUT2D eigenvalue weighted by Gasteiger charge is 2.19. The molecule has 4 nitrogen and oxygen atoms in total. The molecular formula is C13H15BrN2O2. The van der Waals surface area contributed by atoms with E-state index >= 15 is 0 Å². The van der Waals surface area contributed by atoms with Crippen molar-refractivity contribution in [3.8, 4) is 0 Å². The molecule has 96 valence electrons. The van der Waals surface area contributed by atoms with Crippen molar-refractivity contribution in [3.63, 3.8) is 0 Å². The maximum absolute atomic E-state index is 12.2. The molecule has 0 saturated carbocycles. The van der Waals surface area contributed by atoms with Crippen molar-refractivity contribution in [1.29, 1.82) is 0 Å². The molecular weight excluding hydrogens is 296 g/mol. The maximum Gasteiger partial charge on any atom is 0.261 e. The fourth-order valence-electron chi connectivity index (χ4n) is 1.72. The smallest absolute Gasteiger partial charge is 0.261 e. The number of nitrogens with zero attached hydrogens (tertiary/aromatic N) is 2. The molecule has 1 unspecified atom stereocenters. The lowest BCUT2D eigenvalue weighted by Gasteiger charge is -2.22. The summed E-state index contributed by atoms with van der Waals surface area (Å²) in [5.74, 6) is 0. The van der Waals surface area contributed by atoms with Gasteiger partial charge in [0.25, 0.3) is 5.56 Å². The number of benzene rings is 1. The lowest BCUT2D eigenvalue weighted by atomic mass is 10.0. The van der Waals surface area contributed by atoms with Gasteiger partial charge >= 0.3 is 0 Å². The summed E-state index contributed by atoms with van der Waals surface area (Å²) < 4.78 is 2.35. The van der Waals surface area contributed by atoms with Crippen molar-refractivity contribution in [2.45, 2.75) is 32.4 Å². The van der Waals surface area contributed by atoms with Crippen molar-refractivity contribution in [3.05, 3.63) is 39.4 Å². The van der Waals surface area contributed by atoms with Crippen LogP contribution in [0.5, 0.6) is 0 Å². The van der Waals surface area contributed by atoms with Crippen molar-refractivity contribution in [2.75, 3.05) is 0 Å². The third kappa shape index (κ3) is 2.62. The van der Waals surface area contributed by atoms with Gasteiger partial charge in [-0.05, 0) is 31.5 Å². The molecule has 2 rings (SSSR count). The van der Waals surface area contributed by atoms with Gasteiger partial charge in [-0.15, -0.1) is 0 Å². The number of fused-ring (bicyclic) bond motifs is 1. The molecule has 5 heteroatoms. The molecule has 0 aliphatic heterocycles. The minimum absolute atomic E-state index is 0.124. The van der Waals surface area contributed by atoms with E-state index in [9.17, 15) is 9.90 Å². The zero-order valence-corrected chi connectivity index (χ0v) is 11.9. The van der Waals surface area contributed by atoms with Gasteiger partial charge in [0.05, 0.1) is 29.4 Å². The Balaban J connectivity index is 2.52. The summed E-state index contributed by atoms with van der Waals surface area (Å²) in [6.07, 6.45) is 2.07. The molecule has 1 N–H and O–H groups in total. The Hall–Kier alpha value is -1.20. The lowest BCUT2D eigenvalue weighted by Crippen LogP contribution is -2.34.